The average Bonchev–Trinajstić information content (AvgIpc) is 3.04. The van der Waals surface area contributed by atoms with Crippen LogP contribution in [-0.4, -0.2) is 49.0 Å². The quantitative estimate of drug-likeness (QED) is 0.305. The molecule has 1 aromatic carbocycles. The van der Waals surface area contributed by atoms with Crippen molar-refractivity contribution in [2.75, 3.05) is 26.2 Å². The highest BCUT2D eigenvalue weighted by molar-refractivity contribution is 14.0. The number of ether oxygens (including phenoxy) is 1. The first kappa shape index (κ1) is 21.5. The van der Waals surface area contributed by atoms with Gasteiger partial charge in [-0.1, -0.05) is 19.1 Å². The van der Waals surface area contributed by atoms with E-state index in [1.807, 2.05) is 18.2 Å². The van der Waals surface area contributed by atoms with Gasteiger partial charge in [0.2, 0.25) is 0 Å². The van der Waals surface area contributed by atoms with Crippen LogP contribution in [0.1, 0.15) is 25.3 Å². The summed E-state index contributed by atoms with van der Waals surface area (Å²) < 4.78 is 5.28. The third-order valence-corrected chi connectivity index (χ3v) is 4.14. The summed E-state index contributed by atoms with van der Waals surface area (Å²) in [5.41, 5.74) is 12.0. The first-order valence-corrected chi connectivity index (χ1v) is 8.36. The molecule has 1 aliphatic rings. The molecule has 0 aliphatic carbocycles. The van der Waals surface area contributed by atoms with Crippen LogP contribution in [0.3, 0.4) is 0 Å². The molecule has 1 atom stereocenters. The van der Waals surface area contributed by atoms with Gasteiger partial charge in [-0.25, -0.2) is 4.99 Å². The van der Waals surface area contributed by atoms with Crippen LogP contribution in [0.15, 0.2) is 29.3 Å². The zero-order valence-electron chi connectivity index (χ0n) is 14.6. The summed E-state index contributed by atoms with van der Waals surface area (Å²) in [4.78, 5) is 17.6. The summed E-state index contributed by atoms with van der Waals surface area (Å²) >= 11 is 0. The highest BCUT2D eigenvalue weighted by Gasteiger charge is 2.22. The number of hydrogen-bond acceptors (Lipinski definition) is 4. The molecule has 0 spiro atoms. The number of likely N-dealkylation sites (N-methyl/N-ethyl adjacent to an activating group) is 1. The van der Waals surface area contributed by atoms with E-state index >= 15 is 0 Å². The van der Waals surface area contributed by atoms with Crippen molar-refractivity contribution in [3.05, 3.63) is 29.8 Å². The molecule has 0 saturated carbocycles. The van der Waals surface area contributed by atoms with E-state index in [1.54, 1.807) is 6.07 Å². The smallest absolute Gasteiger partial charge is 0.255 e. The van der Waals surface area contributed by atoms with Gasteiger partial charge in [-0.05, 0) is 43.6 Å². The number of carbonyl (C=O) groups excluding carboxylic acids is 1. The van der Waals surface area contributed by atoms with Crippen LogP contribution in [0.2, 0.25) is 0 Å². The van der Waals surface area contributed by atoms with E-state index in [1.165, 1.54) is 12.8 Å². The molecule has 1 unspecified atom stereocenters. The lowest BCUT2D eigenvalue weighted by atomic mass is 10.2. The molecule has 1 aliphatic heterocycles. The van der Waals surface area contributed by atoms with E-state index in [0.29, 0.717) is 24.3 Å². The van der Waals surface area contributed by atoms with Crippen molar-refractivity contribution in [2.45, 2.75) is 32.4 Å². The van der Waals surface area contributed by atoms with Crippen molar-refractivity contribution in [2.24, 2.45) is 16.5 Å². The van der Waals surface area contributed by atoms with Crippen LogP contribution in [0.25, 0.3) is 0 Å². The third-order valence-electron chi connectivity index (χ3n) is 4.14. The fourth-order valence-corrected chi connectivity index (χ4v) is 2.89. The molecule has 5 N–H and O–H groups in total. The Balaban J connectivity index is 0.00000312. The molecule has 1 amide bonds. The Morgan fingerprint density at radius 3 is 2.96 bits per heavy atom. The molecule has 8 heteroatoms. The third kappa shape index (κ3) is 7.47. The molecular formula is C17H28IN5O2. The Kier molecular flexibility index (Phi) is 9.58. The van der Waals surface area contributed by atoms with Crippen LogP contribution in [0, 0.1) is 0 Å². The van der Waals surface area contributed by atoms with Gasteiger partial charge in [0.25, 0.3) is 5.91 Å². The second-order valence-electron chi connectivity index (χ2n) is 5.91. The van der Waals surface area contributed by atoms with Crippen LogP contribution < -0.4 is 21.5 Å². The molecule has 0 aromatic heterocycles. The number of nitrogens with zero attached hydrogens (tertiary/aromatic N) is 2. The van der Waals surface area contributed by atoms with Crippen molar-refractivity contribution in [3.8, 4) is 5.75 Å². The molecule has 1 fully saturated rings. The average molecular weight is 461 g/mol. The maximum atomic E-state index is 10.7. The predicted octanol–water partition coefficient (Wildman–Crippen LogP) is 1.06. The van der Waals surface area contributed by atoms with Crippen molar-refractivity contribution >= 4 is 35.8 Å². The summed E-state index contributed by atoms with van der Waals surface area (Å²) in [5.74, 6) is 0.541. The van der Waals surface area contributed by atoms with E-state index in [4.69, 9.17) is 16.2 Å². The van der Waals surface area contributed by atoms with Crippen molar-refractivity contribution in [3.63, 3.8) is 0 Å². The number of nitrogens with one attached hydrogen (secondary N) is 1. The van der Waals surface area contributed by atoms with Crippen LogP contribution in [-0.2, 0) is 11.3 Å². The molecule has 2 rings (SSSR count). The summed E-state index contributed by atoms with van der Waals surface area (Å²) in [7, 11) is 0. The lowest BCUT2D eigenvalue weighted by molar-refractivity contribution is -0.119. The molecule has 1 aromatic rings. The highest BCUT2D eigenvalue weighted by Crippen LogP contribution is 2.16. The topological polar surface area (TPSA) is 106 Å². The van der Waals surface area contributed by atoms with Gasteiger partial charge in [0.1, 0.15) is 5.75 Å². The van der Waals surface area contributed by atoms with Crippen LogP contribution >= 0.6 is 24.0 Å². The van der Waals surface area contributed by atoms with E-state index < -0.39 is 5.91 Å². The van der Waals surface area contributed by atoms with Gasteiger partial charge < -0.3 is 21.5 Å². The summed E-state index contributed by atoms with van der Waals surface area (Å²) in [6, 6.07) is 7.92. The largest absolute Gasteiger partial charge is 0.484 e. The van der Waals surface area contributed by atoms with E-state index in [-0.39, 0.29) is 30.6 Å². The molecule has 7 nitrogen and oxygen atoms in total. The zero-order chi connectivity index (χ0) is 17.4. The van der Waals surface area contributed by atoms with Crippen LogP contribution in [0.5, 0.6) is 5.75 Å². The van der Waals surface area contributed by atoms with Gasteiger partial charge in [-0.3, -0.25) is 9.69 Å². The first-order chi connectivity index (χ1) is 11.6. The number of rotatable bonds is 8. The standard InChI is InChI=1S/C17H27N5O2.HI/c1-2-22-8-4-6-14(22)11-21-17(19)20-10-13-5-3-7-15(9-13)24-12-16(18)23;/h3,5,7,9,14H,2,4,6,8,10-12H2,1H3,(H2,18,23)(H3,19,20,21);1H. The SMILES string of the molecule is CCN1CCCC1CNC(N)=NCc1cccc(OCC(N)=O)c1.I. The van der Waals surface area contributed by atoms with E-state index in [0.717, 1.165) is 25.2 Å². The minimum atomic E-state index is -0.500. The maximum absolute atomic E-state index is 10.7. The van der Waals surface area contributed by atoms with Gasteiger partial charge in [-0.2, -0.15) is 0 Å². The molecule has 0 radical (unpaired) electrons. The summed E-state index contributed by atoms with van der Waals surface area (Å²) in [5, 5.41) is 3.21. The maximum Gasteiger partial charge on any atom is 0.255 e. The summed E-state index contributed by atoms with van der Waals surface area (Å²) in [6.45, 7) is 5.56. The number of benzene rings is 1. The first-order valence-electron chi connectivity index (χ1n) is 8.36. The van der Waals surface area contributed by atoms with Crippen molar-refractivity contribution in [1.29, 1.82) is 0 Å². The number of halogens is 1. The Morgan fingerprint density at radius 1 is 1.44 bits per heavy atom. The van der Waals surface area contributed by atoms with Crippen LogP contribution in [0.4, 0.5) is 0 Å². The molecular weight excluding hydrogens is 433 g/mol. The lowest BCUT2D eigenvalue weighted by Crippen LogP contribution is -2.42. The molecule has 25 heavy (non-hydrogen) atoms. The Hall–Kier alpha value is -1.55. The monoisotopic (exact) mass is 461 g/mol. The normalized spacial score (nSPS) is 17.8. The number of aliphatic imine (C=N–C) groups is 1. The number of guanidine groups is 1. The Bertz CT molecular complexity index is 582. The van der Waals surface area contributed by atoms with E-state index in [2.05, 4.69) is 22.1 Å². The fraction of sp³-hybridized carbons (Fsp3) is 0.529. The van der Waals surface area contributed by atoms with Gasteiger partial charge in [0.05, 0.1) is 6.54 Å². The minimum Gasteiger partial charge on any atom is -0.484 e. The number of primary amides is 1. The van der Waals surface area contributed by atoms with Crippen molar-refractivity contribution < 1.29 is 9.53 Å². The number of amides is 1. The molecule has 1 heterocycles. The Morgan fingerprint density at radius 2 is 2.24 bits per heavy atom. The molecule has 0 bridgehead atoms. The molecule has 1 saturated heterocycles. The molecule has 140 valence electrons. The second kappa shape index (κ2) is 11.1. The lowest BCUT2D eigenvalue weighted by Gasteiger charge is -2.23. The number of carbonyl (C=O) groups is 1. The van der Waals surface area contributed by atoms with Gasteiger partial charge in [-0.15, -0.1) is 24.0 Å². The highest BCUT2D eigenvalue weighted by atomic mass is 127. The predicted molar refractivity (Wildman–Crippen MR) is 110 cm³/mol. The van der Waals surface area contributed by atoms with Gasteiger partial charge in [0, 0.05) is 12.6 Å². The minimum absolute atomic E-state index is 0. The number of likely N-dealkylation sites (tertiary alicyclic amines) is 1. The summed E-state index contributed by atoms with van der Waals surface area (Å²) in [6.07, 6.45) is 2.45. The van der Waals surface area contributed by atoms with E-state index in [9.17, 15) is 4.79 Å². The second-order valence-corrected chi connectivity index (χ2v) is 5.91. The number of nitrogens with two attached hydrogens (primary N) is 2. The number of hydrogen-bond donors (Lipinski definition) is 3. The fourth-order valence-electron chi connectivity index (χ4n) is 2.89. The Labute approximate surface area is 166 Å². The van der Waals surface area contributed by atoms with Crippen molar-refractivity contribution in [1.82, 2.24) is 10.2 Å². The van der Waals surface area contributed by atoms with Gasteiger partial charge >= 0.3 is 0 Å². The van der Waals surface area contributed by atoms with Gasteiger partial charge in [0.15, 0.2) is 12.6 Å². The zero-order valence-corrected chi connectivity index (χ0v) is 16.9.